The molecule has 7 heteroatoms. The minimum Gasteiger partial charge on any atom is -0.367 e. The number of nitrogens with zero attached hydrogens (tertiary/aromatic N) is 3. The summed E-state index contributed by atoms with van der Waals surface area (Å²) in [6, 6.07) is 8.11. The van der Waals surface area contributed by atoms with E-state index in [1.54, 1.807) is 12.1 Å². The summed E-state index contributed by atoms with van der Waals surface area (Å²) >= 11 is 0. The minimum absolute atomic E-state index is 0.00488. The first-order valence-corrected chi connectivity index (χ1v) is 7.16. The number of aromatic nitrogens is 2. The average Bonchev–Trinajstić information content (AvgIpc) is 3.31. The molecular formula is C16H15FN4O2. The maximum Gasteiger partial charge on any atom is 0.332 e. The van der Waals surface area contributed by atoms with Crippen molar-refractivity contribution in [2.24, 2.45) is 14.1 Å². The van der Waals surface area contributed by atoms with E-state index in [1.807, 2.05) is 6.07 Å². The van der Waals surface area contributed by atoms with Crippen molar-refractivity contribution in [2.45, 2.75) is 18.4 Å². The molecule has 2 atom stereocenters. The summed E-state index contributed by atoms with van der Waals surface area (Å²) in [6.45, 7) is 0. The van der Waals surface area contributed by atoms with Crippen molar-refractivity contribution in [3.05, 3.63) is 62.0 Å². The van der Waals surface area contributed by atoms with Gasteiger partial charge in [0.25, 0.3) is 5.56 Å². The Hall–Kier alpha value is -2.88. The van der Waals surface area contributed by atoms with Crippen LogP contribution in [0.3, 0.4) is 0 Å². The molecule has 0 unspecified atom stereocenters. The highest BCUT2D eigenvalue weighted by atomic mass is 19.1. The third kappa shape index (κ3) is 2.52. The lowest BCUT2D eigenvalue weighted by molar-refractivity contribution is 0.627. The van der Waals surface area contributed by atoms with Crippen LogP contribution in [0.4, 0.5) is 10.2 Å². The zero-order chi connectivity index (χ0) is 16.7. The Balaban J connectivity index is 1.91. The molecule has 23 heavy (non-hydrogen) atoms. The van der Waals surface area contributed by atoms with Crippen molar-refractivity contribution in [1.29, 1.82) is 5.26 Å². The van der Waals surface area contributed by atoms with Gasteiger partial charge in [-0.1, -0.05) is 12.1 Å². The summed E-state index contributed by atoms with van der Waals surface area (Å²) in [5, 5.41) is 12.3. The predicted molar refractivity (Wildman–Crippen MR) is 82.8 cm³/mol. The van der Waals surface area contributed by atoms with Crippen LogP contribution in [0.1, 0.15) is 23.5 Å². The molecule has 118 valence electrons. The molecule has 0 amide bonds. The molecule has 1 aliphatic rings. The van der Waals surface area contributed by atoms with Crippen LogP contribution in [0.5, 0.6) is 0 Å². The van der Waals surface area contributed by atoms with E-state index in [4.69, 9.17) is 0 Å². The quantitative estimate of drug-likeness (QED) is 0.919. The van der Waals surface area contributed by atoms with Crippen LogP contribution < -0.4 is 16.6 Å². The van der Waals surface area contributed by atoms with Gasteiger partial charge in [-0.3, -0.25) is 13.9 Å². The number of nitriles is 1. The number of hydrogen-bond acceptors (Lipinski definition) is 4. The van der Waals surface area contributed by atoms with Gasteiger partial charge in [0.05, 0.1) is 0 Å². The molecule has 3 rings (SSSR count). The number of anilines is 1. The summed E-state index contributed by atoms with van der Waals surface area (Å²) in [7, 11) is 2.86. The van der Waals surface area contributed by atoms with Crippen LogP contribution in [-0.2, 0) is 14.1 Å². The first-order chi connectivity index (χ1) is 10.9. The van der Waals surface area contributed by atoms with Gasteiger partial charge >= 0.3 is 5.69 Å². The zero-order valence-electron chi connectivity index (χ0n) is 12.7. The maximum absolute atomic E-state index is 13.0. The highest BCUT2D eigenvalue weighted by molar-refractivity contribution is 5.53. The van der Waals surface area contributed by atoms with Crippen molar-refractivity contribution < 1.29 is 4.39 Å². The van der Waals surface area contributed by atoms with Crippen molar-refractivity contribution in [3.8, 4) is 6.07 Å². The monoisotopic (exact) mass is 314 g/mol. The second-order valence-corrected chi connectivity index (χ2v) is 5.69. The molecule has 1 N–H and O–H groups in total. The molecule has 1 aromatic carbocycles. The van der Waals surface area contributed by atoms with Crippen LogP contribution in [0, 0.1) is 17.1 Å². The van der Waals surface area contributed by atoms with Crippen LogP contribution in [0.2, 0.25) is 0 Å². The molecule has 0 radical (unpaired) electrons. The van der Waals surface area contributed by atoms with Gasteiger partial charge in [0, 0.05) is 26.1 Å². The molecule has 6 nitrogen and oxygen atoms in total. The van der Waals surface area contributed by atoms with E-state index in [0.717, 1.165) is 16.6 Å². The Kier molecular flexibility index (Phi) is 3.52. The summed E-state index contributed by atoms with van der Waals surface area (Å²) in [4.78, 5) is 24.0. The second kappa shape index (κ2) is 5.39. The summed E-state index contributed by atoms with van der Waals surface area (Å²) in [6.07, 6.45) is 0.792. The lowest BCUT2D eigenvalue weighted by Gasteiger charge is -2.13. The lowest BCUT2D eigenvalue weighted by atomic mass is 10.1. The SMILES string of the molecule is Cn1c(N[C@@H]2C[C@H]2c2ccc(F)cc2)c(C#N)c(=O)n(C)c1=O. The van der Waals surface area contributed by atoms with Crippen molar-refractivity contribution >= 4 is 5.82 Å². The molecule has 1 saturated carbocycles. The van der Waals surface area contributed by atoms with Crippen LogP contribution in [-0.4, -0.2) is 15.2 Å². The maximum atomic E-state index is 13.0. The second-order valence-electron chi connectivity index (χ2n) is 5.69. The van der Waals surface area contributed by atoms with E-state index in [0.29, 0.717) is 0 Å². The van der Waals surface area contributed by atoms with E-state index in [2.05, 4.69) is 5.32 Å². The summed E-state index contributed by atoms with van der Waals surface area (Å²) in [5.41, 5.74) is -0.205. The van der Waals surface area contributed by atoms with Crippen LogP contribution in [0.15, 0.2) is 33.9 Å². The van der Waals surface area contributed by atoms with E-state index in [9.17, 15) is 19.2 Å². The normalized spacial score (nSPS) is 19.2. The van der Waals surface area contributed by atoms with Gasteiger partial charge < -0.3 is 5.32 Å². The van der Waals surface area contributed by atoms with E-state index in [-0.39, 0.29) is 29.2 Å². The molecule has 1 aromatic heterocycles. The Morgan fingerprint density at radius 1 is 1.22 bits per heavy atom. The Bertz CT molecular complexity index is 921. The highest BCUT2D eigenvalue weighted by Gasteiger charge is 2.39. The van der Waals surface area contributed by atoms with Gasteiger partial charge in [0.15, 0.2) is 5.56 Å². The molecule has 2 aromatic rings. The summed E-state index contributed by atoms with van der Waals surface area (Å²) < 4.78 is 15.1. The zero-order valence-corrected chi connectivity index (χ0v) is 12.7. The number of halogens is 1. The molecule has 0 spiro atoms. The van der Waals surface area contributed by atoms with Gasteiger partial charge in [0.1, 0.15) is 17.7 Å². The fraction of sp³-hybridized carbons (Fsp3) is 0.312. The number of hydrogen-bond donors (Lipinski definition) is 1. The largest absolute Gasteiger partial charge is 0.367 e. The van der Waals surface area contributed by atoms with E-state index >= 15 is 0 Å². The Labute approximate surface area is 131 Å². The minimum atomic E-state index is -0.614. The first kappa shape index (κ1) is 15.0. The number of benzene rings is 1. The molecule has 0 bridgehead atoms. The Morgan fingerprint density at radius 2 is 1.87 bits per heavy atom. The van der Waals surface area contributed by atoms with Crippen LogP contribution >= 0.6 is 0 Å². The van der Waals surface area contributed by atoms with Gasteiger partial charge in [-0.25, -0.2) is 9.18 Å². The van der Waals surface area contributed by atoms with Crippen LogP contribution in [0.25, 0.3) is 0 Å². The standard InChI is InChI=1S/C16H15FN4O2/c1-20-14(12(8-18)15(22)21(2)16(20)23)19-13-7-11(13)9-3-5-10(17)6-4-9/h3-6,11,13,19H,7H2,1-2H3/t11-,13+/m0/s1. The molecule has 1 heterocycles. The highest BCUT2D eigenvalue weighted by Crippen LogP contribution is 2.42. The number of rotatable bonds is 3. The first-order valence-electron chi connectivity index (χ1n) is 7.16. The Morgan fingerprint density at radius 3 is 2.48 bits per heavy atom. The molecule has 0 saturated heterocycles. The third-order valence-electron chi connectivity index (χ3n) is 4.19. The van der Waals surface area contributed by atoms with Crippen molar-refractivity contribution in [1.82, 2.24) is 9.13 Å². The molecule has 1 aliphatic carbocycles. The average molecular weight is 314 g/mol. The smallest absolute Gasteiger partial charge is 0.332 e. The van der Waals surface area contributed by atoms with E-state index < -0.39 is 11.2 Å². The number of nitrogens with one attached hydrogen (secondary N) is 1. The topological polar surface area (TPSA) is 79.8 Å². The van der Waals surface area contributed by atoms with Crippen molar-refractivity contribution in [3.63, 3.8) is 0 Å². The van der Waals surface area contributed by atoms with Gasteiger partial charge in [-0.2, -0.15) is 5.26 Å². The molecule has 0 aliphatic heterocycles. The fourth-order valence-corrected chi connectivity index (χ4v) is 2.72. The summed E-state index contributed by atoms with van der Waals surface area (Å²) in [5.74, 6) is 0.108. The van der Waals surface area contributed by atoms with Gasteiger partial charge in [-0.15, -0.1) is 0 Å². The van der Waals surface area contributed by atoms with Gasteiger partial charge in [-0.05, 0) is 24.1 Å². The fourth-order valence-electron chi connectivity index (χ4n) is 2.72. The molecule has 1 fully saturated rings. The van der Waals surface area contributed by atoms with E-state index in [1.165, 1.54) is 30.8 Å². The molecular weight excluding hydrogens is 299 g/mol. The third-order valence-corrected chi connectivity index (χ3v) is 4.19. The predicted octanol–water partition coefficient (Wildman–Crippen LogP) is 1.06. The van der Waals surface area contributed by atoms with Gasteiger partial charge in [0.2, 0.25) is 0 Å². The van der Waals surface area contributed by atoms with Crippen molar-refractivity contribution in [2.75, 3.05) is 5.32 Å². The lowest BCUT2D eigenvalue weighted by Crippen LogP contribution is -2.40.